The van der Waals surface area contributed by atoms with E-state index in [0.717, 1.165) is 24.1 Å². The summed E-state index contributed by atoms with van der Waals surface area (Å²) in [6, 6.07) is 11.8. The first kappa shape index (κ1) is 20.3. The fraction of sp³-hybridized carbons (Fsp3) is 0.375. The number of benzene rings is 1. The van der Waals surface area contributed by atoms with E-state index < -0.39 is 0 Å². The van der Waals surface area contributed by atoms with Crippen LogP contribution >= 0.6 is 0 Å². The van der Waals surface area contributed by atoms with Crippen molar-refractivity contribution in [3.05, 3.63) is 60.0 Å². The average molecular weight is 407 g/mol. The highest BCUT2D eigenvalue weighted by Crippen LogP contribution is 2.39. The Balaban J connectivity index is 1.78. The predicted octanol–water partition coefficient (Wildman–Crippen LogP) is 5.25. The summed E-state index contributed by atoms with van der Waals surface area (Å²) in [5.74, 6) is 0.0770. The maximum Gasteiger partial charge on any atom is 0.251 e. The normalized spacial score (nSPS) is 14.2. The van der Waals surface area contributed by atoms with Crippen LogP contribution in [0, 0.1) is 11.7 Å². The van der Waals surface area contributed by atoms with Crippen molar-refractivity contribution in [3.8, 4) is 22.6 Å². The molecular formula is C24H27FN4O. The van der Waals surface area contributed by atoms with Gasteiger partial charge in [-0.2, -0.15) is 5.10 Å². The van der Waals surface area contributed by atoms with E-state index in [1.165, 1.54) is 12.1 Å². The van der Waals surface area contributed by atoms with Gasteiger partial charge in [-0.1, -0.05) is 0 Å². The molecule has 1 N–H and O–H groups in total. The quantitative estimate of drug-likeness (QED) is 0.608. The molecule has 0 spiro atoms. The van der Waals surface area contributed by atoms with Gasteiger partial charge in [0.05, 0.1) is 17.1 Å². The Kier molecular flexibility index (Phi) is 5.18. The Morgan fingerprint density at radius 3 is 2.43 bits per heavy atom. The third kappa shape index (κ3) is 4.13. The molecule has 6 heteroatoms. The van der Waals surface area contributed by atoms with Gasteiger partial charge >= 0.3 is 0 Å². The second-order valence-corrected chi connectivity index (χ2v) is 8.84. The van der Waals surface area contributed by atoms with Crippen molar-refractivity contribution in [2.24, 2.45) is 5.92 Å². The minimum absolute atomic E-state index is 0.130. The minimum atomic E-state index is -0.308. The molecule has 0 atom stereocenters. The lowest BCUT2D eigenvalue weighted by Gasteiger charge is -2.26. The number of nitrogens with zero attached hydrogens (tertiary/aromatic N) is 3. The van der Waals surface area contributed by atoms with E-state index in [9.17, 15) is 9.18 Å². The Morgan fingerprint density at radius 1 is 1.13 bits per heavy atom. The Hall–Kier alpha value is -3.02. The van der Waals surface area contributed by atoms with E-state index in [4.69, 9.17) is 4.98 Å². The van der Waals surface area contributed by atoms with Crippen LogP contribution in [0.3, 0.4) is 0 Å². The smallest absolute Gasteiger partial charge is 0.251 e. The lowest BCUT2D eigenvalue weighted by atomic mass is 9.97. The van der Waals surface area contributed by atoms with Gasteiger partial charge in [0.25, 0.3) is 5.91 Å². The van der Waals surface area contributed by atoms with E-state index >= 15 is 0 Å². The van der Waals surface area contributed by atoms with Gasteiger partial charge in [0.2, 0.25) is 0 Å². The van der Waals surface area contributed by atoms with Crippen molar-refractivity contribution in [1.29, 1.82) is 0 Å². The van der Waals surface area contributed by atoms with Crippen LogP contribution in [0.5, 0.6) is 0 Å². The summed E-state index contributed by atoms with van der Waals surface area (Å²) < 4.78 is 15.3. The summed E-state index contributed by atoms with van der Waals surface area (Å²) in [6.45, 7) is 8.23. The third-order valence-electron chi connectivity index (χ3n) is 5.68. The molecule has 1 aliphatic rings. The second-order valence-electron chi connectivity index (χ2n) is 8.84. The van der Waals surface area contributed by atoms with Crippen molar-refractivity contribution in [3.63, 3.8) is 0 Å². The number of hydrogen-bond donors (Lipinski definition) is 1. The van der Waals surface area contributed by atoms with Crippen LogP contribution < -0.4 is 5.32 Å². The van der Waals surface area contributed by atoms with E-state index in [0.29, 0.717) is 22.9 Å². The molecule has 0 bridgehead atoms. The van der Waals surface area contributed by atoms with Crippen LogP contribution in [0.25, 0.3) is 22.6 Å². The van der Waals surface area contributed by atoms with Crippen molar-refractivity contribution >= 4 is 5.91 Å². The molecule has 1 amide bonds. The molecular weight excluding hydrogens is 379 g/mol. The molecule has 30 heavy (non-hydrogen) atoms. The van der Waals surface area contributed by atoms with Gasteiger partial charge in [0.1, 0.15) is 5.82 Å². The summed E-state index contributed by atoms with van der Waals surface area (Å²) in [5, 5.41) is 7.58. The molecule has 0 unspecified atom stereocenters. The number of carbonyl (C=O) groups is 1. The number of rotatable bonds is 6. The fourth-order valence-electron chi connectivity index (χ4n) is 3.76. The average Bonchev–Trinajstić information content (AvgIpc) is 3.45. The summed E-state index contributed by atoms with van der Waals surface area (Å²) in [6.07, 6.45) is 4.02. The van der Waals surface area contributed by atoms with E-state index in [1.807, 2.05) is 24.6 Å². The van der Waals surface area contributed by atoms with Crippen molar-refractivity contribution in [2.45, 2.75) is 52.1 Å². The number of hydrogen-bond acceptors (Lipinski definition) is 3. The van der Waals surface area contributed by atoms with Crippen molar-refractivity contribution in [1.82, 2.24) is 20.1 Å². The predicted molar refractivity (Wildman–Crippen MR) is 116 cm³/mol. The maximum atomic E-state index is 13.4. The highest BCUT2D eigenvalue weighted by atomic mass is 19.1. The molecule has 4 rings (SSSR count). The Labute approximate surface area is 176 Å². The largest absolute Gasteiger partial charge is 0.347 e. The topological polar surface area (TPSA) is 59.8 Å². The summed E-state index contributed by atoms with van der Waals surface area (Å²) in [5.41, 5.74) is 3.16. The van der Waals surface area contributed by atoms with Crippen LogP contribution in [-0.2, 0) is 0 Å². The van der Waals surface area contributed by atoms with Crippen LogP contribution in [0.2, 0.25) is 0 Å². The monoisotopic (exact) mass is 406 g/mol. The molecule has 1 aliphatic carbocycles. The Bertz CT molecular complexity index is 1070. The van der Waals surface area contributed by atoms with Crippen LogP contribution in [0.15, 0.2) is 48.7 Å². The van der Waals surface area contributed by atoms with E-state index in [-0.39, 0.29) is 23.3 Å². The number of nitrogens with one attached hydrogen (secondary N) is 1. The zero-order valence-electron chi connectivity index (χ0n) is 17.8. The van der Waals surface area contributed by atoms with Gasteiger partial charge in [0, 0.05) is 28.9 Å². The molecule has 1 saturated carbocycles. The molecule has 2 heterocycles. The van der Waals surface area contributed by atoms with Crippen LogP contribution in [0.4, 0.5) is 4.39 Å². The first-order chi connectivity index (χ1) is 14.2. The van der Waals surface area contributed by atoms with Crippen LogP contribution in [-0.4, -0.2) is 26.2 Å². The molecule has 0 aliphatic heterocycles. The molecule has 5 nitrogen and oxygen atoms in total. The lowest BCUT2D eigenvalue weighted by molar-refractivity contribution is 0.0903. The molecule has 0 saturated heterocycles. The molecule has 1 fully saturated rings. The molecule has 156 valence electrons. The maximum absolute atomic E-state index is 13.4. The molecule has 0 radical (unpaired) electrons. The molecule has 3 aromatic rings. The highest BCUT2D eigenvalue weighted by Gasteiger charge is 2.39. The number of halogens is 1. The second kappa shape index (κ2) is 7.67. The first-order valence-electron chi connectivity index (χ1n) is 10.4. The third-order valence-corrected chi connectivity index (χ3v) is 5.68. The van der Waals surface area contributed by atoms with Gasteiger partial charge in [-0.25, -0.2) is 9.37 Å². The highest BCUT2D eigenvalue weighted by molar-refractivity contribution is 5.96. The number of amides is 1. The van der Waals surface area contributed by atoms with Crippen molar-refractivity contribution < 1.29 is 9.18 Å². The standard InChI is InChI=1S/C24H27FN4O/c1-15(2)29-22(11-12-26-29)21-14-17(23(30)28-24(3,4)18-7-8-18)13-20(27-21)16-5-9-19(25)10-6-16/h5-6,9-15,18H,7-8H2,1-4H3,(H,28,30). The van der Waals surface area contributed by atoms with E-state index in [1.54, 1.807) is 30.5 Å². The fourth-order valence-corrected chi connectivity index (χ4v) is 3.76. The van der Waals surface area contributed by atoms with Gasteiger partial charge in [-0.15, -0.1) is 0 Å². The zero-order valence-corrected chi connectivity index (χ0v) is 17.8. The van der Waals surface area contributed by atoms with Gasteiger partial charge in [-0.3, -0.25) is 9.48 Å². The van der Waals surface area contributed by atoms with Gasteiger partial charge in [0.15, 0.2) is 0 Å². The number of pyridine rings is 1. The van der Waals surface area contributed by atoms with E-state index in [2.05, 4.69) is 24.3 Å². The summed E-state index contributed by atoms with van der Waals surface area (Å²) >= 11 is 0. The molecule has 2 aromatic heterocycles. The minimum Gasteiger partial charge on any atom is -0.347 e. The van der Waals surface area contributed by atoms with Gasteiger partial charge < -0.3 is 5.32 Å². The summed E-state index contributed by atoms with van der Waals surface area (Å²) in [7, 11) is 0. The van der Waals surface area contributed by atoms with Crippen molar-refractivity contribution in [2.75, 3.05) is 0 Å². The van der Waals surface area contributed by atoms with Crippen LogP contribution in [0.1, 0.15) is 56.9 Å². The van der Waals surface area contributed by atoms with Gasteiger partial charge in [-0.05, 0) is 88.9 Å². The zero-order chi connectivity index (χ0) is 21.5. The number of carbonyl (C=O) groups excluding carboxylic acids is 1. The SMILES string of the molecule is CC(C)n1nccc1-c1cc(C(=O)NC(C)(C)C2CC2)cc(-c2ccc(F)cc2)n1. The Morgan fingerprint density at radius 2 is 1.80 bits per heavy atom. The lowest BCUT2D eigenvalue weighted by Crippen LogP contribution is -2.45. The number of aromatic nitrogens is 3. The molecule has 1 aromatic carbocycles. The summed E-state index contributed by atoms with van der Waals surface area (Å²) in [4.78, 5) is 17.9. The first-order valence-corrected chi connectivity index (χ1v) is 10.4.